The molecule has 0 fully saturated rings. The van der Waals surface area contributed by atoms with Crippen molar-refractivity contribution < 1.29 is 35.1 Å². The van der Waals surface area contributed by atoms with Gasteiger partial charge in [-0.2, -0.15) is 0 Å². The fourth-order valence-electron chi connectivity index (χ4n) is 5.84. The molecule has 178 valence electrons. The first-order chi connectivity index (χ1) is 15.3. The van der Waals surface area contributed by atoms with Crippen LogP contribution in [0.15, 0.2) is 34.8 Å². The molecular formula is C23H29N3O7. The largest absolute Gasteiger partial charge is 0.509 e. The topological polar surface area (TPSA) is 168 Å². The van der Waals surface area contributed by atoms with Gasteiger partial charge in [-0.15, -0.1) is 0 Å². The Morgan fingerprint density at radius 3 is 2.30 bits per heavy atom. The third-order valence-corrected chi connectivity index (χ3v) is 7.26. The van der Waals surface area contributed by atoms with Crippen molar-refractivity contribution >= 4 is 17.4 Å². The molecule has 10 nitrogen and oxygen atoms in total. The van der Waals surface area contributed by atoms with Gasteiger partial charge < -0.3 is 36.2 Å². The summed E-state index contributed by atoms with van der Waals surface area (Å²) < 4.78 is 0. The molecule has 1 amide bonds. The van der Waals surface area contributed by atoms with Crippen molar-refractivity contribution in [3.05, 3.63) is 45.9 Å². The number of carbonyl (C=O) groups excluding carboxylic acids is 2. The van der Waals surface area contributed by atoms with Gasteiger partial charge in [0.15, 0.2) is 11.4 Å². The number of carbonyl (C=O) groups is 2. The van der Waals surface area contributed by atoms with Crippen molar-refractivity contribution in [1.29, 1.82) is 0 Å². The van der Waals surface area contributed by atoms with Crippen LogP contribution in [0.2, 0.25) is 0 Å². The van der Waals surface area contributed by atoms with Crippen LogP contribution in [0.25, 0.3) is 0 Å². The zero-order valence-electron chi connectivity index (χ0n) is 18.9. The number of benzene rings is 1. The fraction of sp³-hybridized carbons (Fsp3) is 0.478. The summed E-state index contributed by atoms with van der Waals surface area (Å²) in [5.74, 6) is -5.37. The van der Waals surface area contributed by atoms with E-state index in [0.717, 1.165) is 5.69 Å². The van der Waals surface area contributed by atoms with E-state index in [1.807, 2.05) is 19.0 Å². The Kier molecular flexibility index (Phi) is 5.23. The molecule has 0 aromatic heterocycles. The number of anilines is 1. The van der Waals surface area contributed by atoms with Crippen LogP contribution in [-0.2, 0) is 16.0 Å². The van der Waals surface area contributed by atoms with Crippen LogP contribution in [0.3, 0.4) is 0 Å². The first kappa shape index (κ1) is 23.1. The van der Waals surface area contributed by atoms with Gasteiger partial charge in [-0.05, 0) is 50.6 Å². The Balaban J connectivity index is 1.99. The summed E-state index contributed by atoms with van der Waals surface area (Å²) in [6.45, 7) is 0. The lowest BCUT2D eigenvalue weighted by Crippen LogP contribution is -2.62. The third kappa shape index (κ3) is 2.98. The van der Waals surface area contributed by atoms with E-state index in [1.54, 1.807) is 20.2 Å². The van der Waals surface area contributed by atoms with Crippen molar-refractivity contribution in [3.8, 4) is 5.75 Å². The number of phenols is 1. The Morgan fingerprint density at radius 2 is 1.76 bits per heavy atom. The van der Waals surface area contributed by atoms with Crippen molar-refractivity contribution in [2.24, 2.45) is 17.6 Å². The summed E-state index contributed by atoms with van der Waals surface area (Å²) in [4.78, 5) is 28.4. The molecule has 5 atom stereocenters. The van der Waals surface area contributed by atoms with Crippen LogP contribution in [0.5, 0.6) is 5.75 Å². The maximum atomic E-state index is 13.1. The molecule has 1 aromatic rings. The van der Waals surface area contributed by atoms with Gasteiger partial charge in [0.25, 0.3) is 5.91 Å². The summed E-state index contributed by atoms with van der Waals surface area (Å²) in [6.07, 6.45) is -1.02. The van der Waals surface area contributed by atoms with Gasteiger partial charge in [-0.1, -0.05) is 0 Å². The lowest BCUT2D eigenvalue weighted by atomic mass is 9.58. The second-order valence-corrected chi connectivity index (χ2v) is 9.47. The Labute approximate surface area is 190 Å². The molecule has 10 heteroatoms. The lowest BCUT2D eigenvalue weighted by Gasteiger charge is -2.51. The van der Waals surface area contributed by atoms with Gasteiger partial charge in [-0.3, -0.25) is 14.5 Å². The van der Waals surface area contributed by atoms with E-state index < -0.39 is 58.4 Å². The second-order valence-electron chi connectivity index (χ2n) is 9.47. The smallest absolute Gasteiger partial charge is 0.255 e. The van der Waals surface area contributed by atoms with E-state index in [1.165, 1.54) is 11.0 Å². The minimum absolute atomic E-state index is 0.0367. The summed E-state index contributed by atoms with van der Waals surface area (Å²) in [5.41, 5.74) is 3.78. The van der Waals surface area contributed by atoms with Gasteiger partial charge in [-0.25, -0.2) is 0 Å². The van der Waals surface area contributed by atoms with E-state index >= 15 is 0 Å². The monoisotopic (exact) mass is 459 g/mol. The Hall–Kier alpha value is -3.08. The van der Waals surface area contributed by atoms with Gasteiger partial charge >= 0.3 is 0 Å². The van der Waals surface area contributed by atoms with Crippen LogP contribution >= 0.6 is 0 Å². The van der Waals surface area contributed by atoms with Gasteiger partial charge in [0.2, 0.25) is 0 Å². The number of aromatic hydroxyl groups is 1. The molecule has 0 unspecified atom stereocenters. The highest BCUT2D eigenvalue weighted by atomic mass is 16.4. The Morgan fingerprint density at radius 1 is 1.12 bits per heavy atom. The molecule has 1 aromatic carbocycles. The summed E-state index contributed by atoms with van der Waals surface area (Å²) in [5, 5.41) is 55.5. The van der Waals surface area contributed by atoms with Crippen LogP contribution in [0, 0.1) is 11.8 Å². The number of amides is 1. The zero-order chi connectivity index (χ0) is 24.6. The van der Waals surface area contributed by atoms with Gasteiger partial charge in [0.1, 0.15) is 28.9 Å². The summed E-state index contributed by atoms with van der Waals surface area (Å²) in [7, 11) is 6.84. The highest BCUT2D eigenvalue weighted by Gasteiger charge is 2.62. The maximum absolute atomic E-state index is 13.1. The molecule has 0 bridgehead atoms. The molecule has 0 aliphatic heterocycles. The second kappa shape index (κ2) is 7.47. The normalized spacial score (nSPS) is 31.3. The molecule has 0 saturated carbocycles. The number of Topliss-reactive ketones (excluding diaryl/α,β-unsaturated/α-hetero) is 1. The number of nitrogens with zero attached hydrogens (tertiary/aromatic N) is 2. The number of fused-ring (bicyclic) bond motifs is 3. The Bertz CT molecular complexity index is 1120. The minimum Gasteiger partial charge on any atom is -0.509 e. The van der Waals surface area contributed by atoms with Crippen LogP contribution in [0.1, 0.15) is 23.7 Å². The lowest BCUT2D eigenvalue weighted by molar-refractivity contribution is -0.137. The van der Waals surface area contributed by atoms with E-state index in [0.29, 0.717) is 12.0 Å². The summed E-state index contributed by atoms with van der Waals surface area (Å²) >= 11 is 0. The van der Waals surface area contributed by atoms with Gasteiger partial charge in [0, 0.05) is 36.8 Å². The summed E-state index contributed by atoms with van der Waals surface area (Å²) in [6, 6.07) is 2.13. The number of aliphatic hydroxyl groups excluding tert-OH is 3. The number of ketones is 1. The standard InChI is InChI=1S/C23H29N3O7/c1-25(2)12-5-6-13(27)15-10(12)7-9-8-11-17(26(3)4)19(29)16(22(24)32)21(31)23(11,33)20(30)14(9)18(15)28/h5-6,9,11,17-18,27-28,30-31,33H,7-8H2,1-4H3,(H2,24,32)/t9-,11-,17-,18+,23-/m0/s1. The van der Waals surface area contributed by atoms with Crippen molar-refractivity contribution in [3.63, 3.8) is 0 Å². The molecule has 3 aliphatic carbocycles. The molecule has 4 rings (SSSR count). The molecule has 0 spiro atoms. The van der Waals surface area contributed by atoms with E-state index in [4.69, 9.17) is 5.73 Å². The van der Waals surface area contributed by atoms with Crippen LogP contribution in [-0.4, -0.2) is 82.0 Å². The zero-order valence-corrected chi connectivity index (χ0v) is 18.9. The fourth-order valence-corrected chi connectivity index (χ4v) is 5.84. The quantitative estimate of drug-likeness (QED) is 0.342. The number of rotatable bonds is 3. The number of likely N-dealkylation sites (N-methyl/N-ethyl adjacent to an activating group) is 1. The first-order valence-corrected chi connectivity index (χ1v) is 10.6. The number of aliphatic hydroxyl groups is 4. The molecule has 0 saturated heterocycles. The average Bonchev–Trinajstić information content (AvgIpc) is 2.70. The molecule has 7 N–H and O–H groups in total. The number of nitrogens with two attached hydrogens (primary N) is 1. The number of hydrogen-bond donors (Lipinski definition) is 6. The van der Waals surface area contributed by atoms with Crippen LogP contribution in [0.4, 0.5) is 5.69 Å². The molecular weight excluding hydrogens is 430 g/mol. The number of hydrogen-bond acceptors (Lipinski definition) is 9. The maximum Gasteiger partial charge on any atom is 0.255 e. The minimum atomic E-state index is -2.49. The van der Waals surface area contributed by atoms with Crippen molar-refractivity contribution in [2.45, 2.75) is 30.6 Å². The van der Waals surface area contributed by atoms with Crippen molar-refractivity contribution in [1.82, 2.24) is 4.90 Å². The van der Waals surface area contributed by atoms with E-state index in [9.17, 15) is 35.1 Å². The highest BCUT2D eigenvalue weighted by molar-refractivity contribution is 6.22. The molecule has 33 heavy (non-hydrogen) atoms. The number of phenolic OH excluding ortho intramolecular Hbond substituents is 1. The van der Waals surface area contributed by atoms with Crippen LogP contribution < -0.4 is 10.6 Å². The predicted molar refractivity (Wildman–Crippen MR) is 119 cm³/mol. The number of primary amides is 1. The van der Waals surface area contributed by atoms with Gasteiger partial charge in [0.05, 0.1) is 6.04 Å². The van der Waals surface area contributed by atoms with Crippen molar-refractivity contribution in [2.75, 3.05) is 33.1 Å². The third-order valence-electron chi connectivity index (χ3n) is 7.26. The molecule has 3 aliphatic rings. The van der Waals surface area contributed by atoms with E-state index in [2.05, 4.69) is 0 Å². The highest BCUT2D eigenvalue weighted by Crippen LogP contribution is 2.56. The van der Waals surface area contributed by atoms with E-state index in [-0.39, 0.29) is 23.3 Å². The average molecular weight is 459 g/mol. The first-order valence-electron chi connectivity index (χ1n) is 10.6. The molecule has 0 heterocycles. The predicted octanol–water partition coefficient (Wildman–Crippen LogP) is 0.0373. The SMILES string of the molecule is CN(C)c1ccc(O)c2c1C[C@H]1C[C@H]3[C@H](N(C)C)C(=O)C(C(N)=O)=C(O)[C@@]3(O)C(O)=C1[C@H]2O. The molecule has 0 radical (unpaired) electrons.